The zero-order valence-corrected chi connectivity index (χ0v) is 11.7. The highest BCUT2D eigenvalue weighted by atomic mass is 35.5. The van der Waals surface area contributed by atoms with Crippen LogP contribution >= 0.6 is 23.8 Å². The molecule has 18 heavy (non-hydrogen) atoms. The number of nitrogens with two attached hydrogens (primary N) is 1. The fraction of sp³-hybridized carbons (Fsp3) is 0.333. The second-order valence-electron chi connectivity index (χ2n) is 4.13. The number of hydrogen-bond donors (Lipinski definition) is 2. The Kier molecular flexibility index (Phi) is 4.65. The molecule has 0 aromatic heterocycles. The number of carbonyl (C=O) groups excluding carboxylic acids is 1. The van der Waals surface area contributed by atoms with Crippen LogP contribution in [0.4, 0.5) is 10.1 Å². The maximum atomic E-state index is 12.9. The van der Waals surface area contributed by atoms with Crippen LogP contribution in [0.1, 0.15) is 20.3 Å². The molecule has 0 saturated carbocycles. The van der Waals surface area contributed by atoms with E-state index in [4.69, 9.17) is 29.6 Å². The van der Waals surface area contributed by atoms with E-state index in [-0.39, 0.29) is 15.9 Å². The number of halogens is 2. The molecule has 0 fully saturated rings. The van der Waals surface area contributed by atoms with Gasteiger partial charge in [-0.25, -0.2) is 4.39 Å². The van der Waals surface area contributed by atoms with Gasteiger partial charge in [-0.1, -0.05) is 30.7 Å². The number of anilines is 1. The third-order valence-electron chi connectivity index (χ3n) is 2.93. The van der Waals surface area contributed by atoms with Crippen molar-refractivity contribution in [2.75, 3.05) is 5.32 Å². The summed E-state index contributed by atoms with van der Waals surface area (Å²) in [5, 5.41) is 2.73. The Balaban J connectivity index is 2.97. The van der Waals surface area contributed by atoms with Crippen molar-refractivity contribution in [2.45, 2.75) is 20.3 Å². The van der Waals surface area contributed by atoms with Crippen LogP contribution in [-0.4, -0.2) is 10.9 Å². The van der Waals surface area contributed by atoms with E-state index >= 15 is 0 Å². The molecule has 0 aliphatic rings. The highest BCUT2D eigenvalue weighted by Crippen LogP contribution is 2.27. The van der Waals surface area contributed by atoms with Crippen molar-refractivity contribution in [3.05, 3.63) is 29.0 Å². The number of carbonyl (C=O) groups is 1. The molecule has 0 heterocycles. The molecule has 0 bridgehead atoms. The molecule has 98 valence electrons. The molecule has 0 spiro atoms. The van der Waals surface area contributed by atoms with E-state index in [1.165, 1.54) is 12.1 Å². The second-order valence-corrected chi connectivity index (χ2v) is 4.98. The molecule has 1 rings (SSSR count). The van der Waals surface area contributed by atoms with Gasteiger partial charge in [-0.05, 0) is 31.5 Å². The highest BCUT2D eigenvalue weighted by molar-refractivity contribution is 7.80. The number of amides is 1. The monoisotopic (exact) mass is 288 g/mol. The van der Waals surface area contributed by atoms with Crippen LogP contribution in [0.15, 0.2) is 18.2 Å². The first-order chi connectivity index (χ1) is 8.31. The predicted octanol–water partition coefficient (Wildman–Crippen LogP) is 3.12. The Morgan fingerprint density at radius 2 is 2.22 bits per heavy atom. The summed E-state index contributed by atoms with van der Waals surface area (Å²) in [6, 6.07) is 3.73. The van der Waals surface area contributed by atoms with Gasteiger partial charge in [-0.3, -0.25) is 4.79 Å². The minimum atomic E-state index is -0.951. The van der Waals surface area contributed by atoms with Crippen molar-refractivity contribution < 1.29 is 9.18 Å². The molecule has 0 saturated heterocycles. The topological polar surface area (TPSA) is 55.1 Å². The molecule has 3 nitrogen and oxygen atoms in total. The lowest BCUT2D eigenvalue weighted by Crippen LogP contribution is -2.43. The molecule has 1 aromatic carbocycles. The maximum absolute atomic E-state index is 12.9. The summed E-state index contributed by atoms with van der Waals surface area (Å²) in [4.78, 5) is 12.2. The van der Waals surface area contributed by atoms with Crippen molar-refractivity contribution in [2.24, 2.45) is 11.1 Å². The summed E-state index contributed by atoms with van der Waals surface area (Å²) >= 11 is 10.7. The van der Waals surface area contributed by atoms with Crippen LogP contribution in [0, 0.1) is 11.2 Å². The third kappa shape index (κ3) is 2.97. The van der Waals surface area contributed by atoms with E-state index in [9.17, 15) is 9.18 Å². The van der Waals surface area contributed by atoms with Gasteiger partial charge in [-0.2, -0.15) is 0 Å². The van der Waals surface area contributed by atoms with E-state index in [0.29, 0.717) is 12.1 Å². The molecular formula is C12H14ClFN2OS. The number of thiocarbonyl (C=S) groups is 1. The van der Waals surface area contributed by atoms with Gasteiger partial charge in [0.15, 0.2) is 0 Å². The molecule has 1 atom stereocenters. The molecule has 3 N–H and O–H groups in total. The molecule has 1 unspecified atom stereocenters. The fourth-order valence-corrected chi connectivity index (χ4v) is 1.75. The smallest absolute Gasteiger partial charge is 0.237 e. The van der Waals surface area contributed by atoms with Gasteiger partial charge in [-0.15, -0.1) is 0 Å². The largest absolute Gasteiger partial charge is 0.392 e. The van der Waals surface area contributed by atoms with Crippen LogP contribution in [0.5, 0.6) is 0 Å². The van der Waals surface area contributed by atoms with E-state index in [2.05, 4.69) is 5.32 Å². The summed E-state index contributed by atoms with van der Waals surface area (Å²) in [7, 11) is 0. The van der Waals surface area contributed by atoms with Crippen molar-refractivity contribution in [1.82, 2.24) is 0 Å². The quantitative estimate of drug-likeness (QED) is 0.837. The first-order valence-corrected chi connectivity index (χ1v) is 6.16. The first kappa shape index (κ1) is 14.9. The third-order valence-corrected chi connectivity index (χ3v) is 3.69. The molecule has 6 heteroatoms. The summed E-state index contributed by atoms with van der Waals surface area (Å²) in [5.41, 5.74) is 4.96. The zero-order valence-electron chi connectivity index (χ0n) is 10.1. The minimum absolute atomic E-state index is 0.112. The average Bonchev–Trinajstić information content (AvgIpc) is 2.31. The average molecular weight is 289 g/mol. The Hall–Kier alpha value is -1.20. The van der Waals surface area contributed by atoms with Gasteiger partial charge in [0.1, 0.15) is 5.82 Å². The molecule has 0 radical (unpaired) electrons. The lowest BCUT2D eigenvalue weighted by atomic mass is 9.86. The summed E-state index contributed by atoms with van der Waals surface area (Å²) in [5.74, 6) is -0.823. The van der Waals surface area contributed by atoms with Gasteiger partial charge in [0.25, 0.3) is 0 Å². The standard InChI is InChI=1S/C12H14ClFN2OS/c1-3-12(2,10(15)18)11(17)16-9-5-4-7(14)6-8(9)13/h4-6H,3H2,1-2H3,(H2,15,18)(H,16,17). The van der Waals surface area contributed by atoms with Crippen molar-refractivity contribution >= 4 is 40.4 Å². The maximum Gasteiger partial charge on any atom is 0.237 e. The van der Waals surface area contributed by atoms with Gasteiger partial charge in [0, 0.05) is 0 Å². The van der Waals surface area contributed by atoms with Gasteiger partial charge in [0.05, 0.1) is 21.1 Å². The van der Waals surface area contributed by atoms with Gasteiger partial charge in [0.2, 0.25) is 5.91 Å². The van der Waals surface area contributed by atoms with Crippen LogP contribution in [0.2, 0.25) is 5.02 Å². The van der Waals surface area contributed by atoms with Crippen molar-refractivity contribution in [3.63, 3.8) is 0 Å². The summed E-state index contributed by atoms with van der Waals surface area (Å²) in [6.45, 7) is 3.47. The molecule has 1 aromatic rings. The van der Waals surface area contributed by atoms with E-state index < -0.39 is 11.2 Å². The van der Waals surface area contributed by atoms with Gasteiger partial charge >= 0.3 is 0 Å². The normalized spacial score (nSPS) is 13.8. The molecular weight excluding hydrogens is 275 g/mol. The van der Waals surface area contributed by atoms with E-state index in [0.717, 1.165) is 6.07 Å². The molecule has 1 amide bonds. The van der Waals surface area contributed by atoms with Crippen LogP contribution in [0.3, 0.4) is 0 Å². The van der Waals surface area contributed by atoms with E-state index in [1.54, 1.807) is 6.92 Å². The highest BCUT2D eigenvalue weighted by Gasteiger charge is 2.34. The number of benzene rings is 1. The first-order valence-electron chi connectivity index (χ1n) is 5.37. The molecule has 0 aliphatic heterocycles. The Morgan fingerprint density at radius 3 is 2.67 bits per heavy atom. The Morgan fingerprint density at radius 1 is 1.61 bits per heavy atom. The minimum Gasteiger partial charge on any atom is -0.392 e. The van der Waals surface area contributed by atoms with Crippen molar-refractivity contribution in [3.8, 4) is 0 Å². The number of rotatable bonds is 4. The van der Waals surface area contributed by atoms with Crippen LogP contribution in [-0.2, 0) is 4.79 Å². The SMILES string of the molecule is CCC(C)(C(=O)Nc1ccc(F)cc1Cl)C(N)=S. The lowest BCUT2D eigenvalue weighted by molar-refractivity contribution is -0.121. The Bertz CT molecular complexity index is 495. The van der Waals surface area contributed by atoms with E-state index in [1.807, 2.05) is 6.92 Å². The van der Waals surface area contributed by atoms with Crippen LogP contribution in [0.25, 0.3) is 0 Å². The zero-order chi connectivity index (χ0) is 13.9. The lowest BCUT2D eigenvalue weighted by Gasteiger charge is -2.25. The second kappa shape index (κ2) is 5.63. The fourth-order valence-electron chi connectivity index (χ4n) is 1.30. The van der Waals surface area contributed by atoms with Crippen molar-refractivity contribution in [1.29, 1.82) is 0 Å². The number of nitrogens with one attached hydrogen (secondary N) is 1. The number of hydrogen-bond acceptors (Lipinski definition) is 2. The Labute approximate surface area is 115 Å². The summed E-state index contributed by atoms with van der Waals surface area (Å²) in [6.07, 6.45) is 0.465. The summed E-state index contributed by atoms with van der Waals surface area (Å²) < 4.78 is 12.9. The predicted molar refractivity (Wildman–Crippen MR) is 75.2 cm³/mol. The molecule has 0 aliphatic carbocycles. The van der Waals surface area contributed by atoms with Crippen LogP contribution < -0.4 is 11.1 Å². The van der Waals surface area contributed by atoms with Gasteiger partial charge < -0.3 is 11.1 Å².